The fraction of sp³-hybridized carbons (Fsp3) is 0.188. The highest BCUT2D eigenvalue weighted by molar-refractivity contribution is 7.92. The number of nitrogens with one attached hydrogen (secondary N) is 1. The summed E-state index contributed by atoms with van der Waals surface area (Å²) >= 11 is 0. The lowest BCUT2D eigenvalue weighted by molar-refractivity contribution is 0.601. The lowest BCUT2D eigenvalue weighted by Crippen LogP contribution is -2.16. The molecule has 1 N–H and O–H groups in total. The lowest BCUT2D eigenvalue weighted by Gasteiger charge is -2.10. The van der Waals surface area contributed by atoms with Crippen molar-refractivity contribution in [2.45, 2.75) is 25.7 Å². The molecule has 3 rings (SSSR count). The summed E-state index contributed by atoms with van der Waals surface area (Å²) in [5, 5.41) is 4.33. The molecule has 0 bridgehead atoms. The summed E-state index contributed by atoms with van der Waals surface area (Å²) in [5.74, 6) is 0.528. The molecule has 0 spiro atoms. The van der Waals surface area contributed by atoms with Crippen molar-refractivity contribution in [3.05, 3.63) is 59.5 Å². The number of aromatic nitrogens is 4. The number of nitrogens with zero attached hydrogens (tertiary/aromatic N) is 4. The fourth-order valence-corrected chi connectivity index (χ4v) is 3.34. The first-order chi connectivity index (χ1) is 11.3. The first kappa shape index (κ1) is 16.1. The van der Waals surface area contributed by atoms with Gasteiger partial charge in [0.05, 0.1) is 10.6 Å². The van der Waals surface area contributed by atoms with E-state index in [-0.39, 0.29) is 10.7 Å². The van der Waals surface area contributed by atoms with Gasteiger partial charge < -0.3 is 0 Å². The molecule has 0 amide bonds. The van der Waals surface area contributed by atoms with Crippen LogP contribution in [0.1, 0.15) is 17.1 Å². The molecule has 2 aromatic heterocycles. The molecule has 0 unspecified atom stereocenters. The monoisotopic (exact) mass is 343 g/mol. The van der Waals surface area contributed by atoms with Gasteiger partial charge in [-0.25, -0.2) is 18.1 Å². The van der Waals surface area contributed by atoms with Crippen LogP contribution >= 0.6 is 0 Å². The molecule has 0 saturated heterocycles. The van der Waals surface area contributed by atoms with Gasteiger partial charge >= 0.3 is 0 Å². The van der Waals surface area contributed by atoms with Crippen molar-refractivity contribution in [1.82, 2.24) is 19.7 Å². The maximum absolute atomic E-state index is 12.4. The van der Waals surface area contributed by atoms with Crippen molar-refractivity contribution < 1.29 is 8.42 Å². The highest BCUT2D eigenvalue weighted by Crippen LogP contribution is 2.16. The SMILES string of the molecule is Cc1cc(NS(=O)(=O)c2ccccc2)nc(-n2nc(C)cc2C)n1. The van der Waals surface area contributed by atoms with Crippen LogP contribution in [-0.4, -0.2) is 28.2 Å². The third-order valence-electron chi connectivity index (χ3n) is 3.33. The summed E-state index contributed by atoms with van der Waals surface area (Å²) in [6, 6.07) is 11.6. The second kappa shape index (κ2) is 6.04. The predicted molar refractivity (Wildman–Crippen MR) is 90.6 cm³/mol. The first-order valence-corrected chi connectivity index (χ1v) is 8.81. The van der Waals surface area contributed by atoms with Gasteiger partial charge in [-0.3, -0.25) is 4.72 Å². The average Bonchev–Trinajstić information content (AvgIpc) is 2.86. The van der Waals surface area contributed by atoms with Gasteiger partial charge in [0.25, 0.3) is 16.0 Å². The number of hydrogen-bond donors (Lipinski definition) is 1. The molecule has 24 heavy (non-hydrogen) atoms. The second-order valence-corrected chi connectivity index (χ2v) is 7.13. The number of aryl methyl sites for hydroxylation is 3. The zero-order chi connectivity index (χ0) is 17.3. The van der Waals surface area contributed by atoms with E-state index in [1.807, 2.05) is 19.9 Å². The zero-order valence-corrected chi connectivity index (χ0v) is 14.4. The zero-order valence-electron chi connectivity index (χ0n) is 13.6. The van der Waals surface area contributed by atoms with Crippen LogP contribution in [0.25, 0.3) is 5.95 Å². The van der Waals surface area contributed by atoms with Crippen LogP contribution in [0.2, 0.25) is 0 Å². The molecule has 1 aromatic carbocycles. The Bertz CT molecular complexity index is 981. The maximum atomic E-state index is 12.4. The molecule has 7 nitrogen and oxygen atoms in total. The lowest BCUT2D eigenvalue weighted by atomic mass is 10.4. The first-order valence-electron chi connectivity index (χ1n) is 7.32. The number of benzene rings is 1. The molecule has 0 saturated carbocycles. The van der Waals surface area contributed by atoms with Crippen molar-refractivity contribution >= 4 is 15.8 Å². The van der Waals surface area contributed by atoms with Gasteiger partial charge in [0.2, 0.25) is 0 Å². The summed E-state index contributed by atoms with van der Waals surface area (Å²) in [6.07, 6.45) is 0. The van der Waals surface area contributed by atoms with E-state index in [0.29, 0.717) is 11.6 Å². The van der Waals surface area contributed by atoms with Crippen LogP contribution in [0, 0.1) is 20.8 Å². The summed E-state index contributed by atoms with van der Waals surface area (Å²) in [6.45, 7) is 5.54. The second-order valence-electron chi connectivity index (χ2n) is 5.45. The van der Waals surface area contributed by atoms with E-state index in [1.54, 1.807) is 35.9 Å². The molecule has 0 fully saturated rings. The van der Waals surface area contributed by atoms with E-state index >= 15 is 0 Å². The summed E-state index contributed by atoms with van der Waals surface area (Å²) < 4.78 is 29.0. The van der Waals surface area contributed by atoms with E-state index in [1.165, 1.54) is 12.1 Å². The molecule has 3 aromatic rings. The average molecular weight is 343 g/mol. The Hall–Kier alpha value is -2.74. The number of anilines is 1. The number of rotatable bonds is 4. The topological polar surface area (TPSA) is 89.8 Å². The smallest absolute Gasteiger partial charge is 0.263 e. The van der Waals surface area contributed by atoms with E-state index in [4.69, 9.17) is 0 Å². The van der Waals surface area contributed by atoms with Crippen LogP contribution in [0.3, 0.4) is 0 Å². The third-order valence-corrected chi connectivity index (χ3v) is 4.70. The number of sulfonamides is 1. The van der Waals surface area contributed by atoms with E-state index in [9.17, 15) is 8.42 Å². The van der Waals surface area contributed by atoms with Crippen molar-refractivity contribution in [3.8, 4) is 5.95 Å². The molecule has 0 atom stereocenters. The van der Waals surface area contributed by atoms with Crippen molar-refractivity contribution in [2.75, 3.05) is 4.72 Å². The molecular formula is C16H17N5O2S. The standard InChI is InChI=1S/C16H17N5O2S/c1-11-10-15(20-24(22,23)14-7-5-4-6-8-14)18-16(17-11)21-13(3)9-12(2)19-21/h4-10H,1-3H3,(H,17,18,20). The molecule has 0 radical (unpaired) electrons. The highest BCUT2D eigenvalue weighted by atomic mass is 32.2. The Morgan fingerprint density at radius 3 is 2.29 bits per heavy atom. The molecule has 2 heterocycles. The van der Waals surface area contributed by atoms with Crippen LogP contribution in [0.15, 0.2) is 47.4 Å². The maximum Gasteiger partial charge on any atom is 0.263 e. The minimum atomic E-state index is -3.70. The Kier molecular flexibility index (Phi) is 4.06. The quantitative estimate of drug-likeness (QED) is 0.785. The Labute approximate surface area is 140 Å². The predicted octanol–water partition coefficient (Wildman–Crippen LogP) is 2.39. The molecule has 0 aliphatic rings. The minimum Gasteiger partial charge on any atom is -0.263 e. The Morgan fingerprint density at radius 2 is 1.67 bits per heavy atom. The summed E-state index contributed by atoms with van der Waals surface area (Å²) in [5.41, 5.74) is 2.34. The van der Waals surface area contributed by atoms with Crippen LogP contribution in [-0.2, 0) is 10.0 Å². The van der Waals surface area contributed by atoms with E-state index in [2.05, 4.69) is 19.8 Å². The van der Waals surface area contributed by atoms with E-state index in [0.717, 1.165) is 11.4 Å². The molecule has 0 aliphatic heterocycles. The third kappa shape index (κ3) is 3.28. The van der Waals surface area contributed by atoms with Gasteiger partial charge in [-0.1, -0.05) is 18.2 Å². The van der Waals surface area contributed by atoms with Gasteiger partial charge in [0, 0.05) is 17.5 Å². The van der Waals surface area contributed by atoms with E-state index < -0.39 is 10.0 Å². The largest absolute Gasteiger partial charge is 0.263 e. The fourth-order valence-electron chi connectivity index (χ4n) is 2.33. The van der Waals surface area contributed by atoms with Crippen LogP contribution < -0.4 is 4.72 Å². The summed E-state index contributed by atoms with van der Waals surface area (Å²) in [7, 11) is -3.70. The molecule has 8 heteroatoms. The van der Waals surface area contributed by atoms with Gasteiger partial charge in [0.1, 0.15) is 5.82 Å². The highest BCUT2D eigenvalue weighted by Gasteiger charge is 2.16. The van der Waals surface area contributed by atoms with Gasteiger partial charge in [-0.05, 0) is 39.0 Å². The normalized spacial score (nSPS) is 11.5. The molecular weight excluding hydrogens is 326 g/mol. The molecule has 0 aliphatic carbocycles. The molecule has 124 valence electrons. The summed E-state index contributed by atoms with van der Waals surface area (Å²) in [4.78, 5) is 8.80. The van der Waals surface area contributed by atoms with Crippen molar-refractivity contribution in [3.63, 3.8) is 0 Å². The van der Waals surface area contributed by atoms with Crippen LogP contribution in [0.5, 0.6) is 0 Å². The number of hydrogen-bond acceptors (Lipinski definition) is 5. The minimum absolute atomic E-state index is 0.175. The van der Waals surface area contributed by atoms with Gasteiger partial charge in [-0.2, -0.15) is 10.1 Å². The van der Waals surface area contributed by atoms with Crippen molar-refractivity contribution in [1.29, 1.82) is 0 Å². The Balaban J connectivity index is 2.00. The van der Waals surface area contributed by atoms with Gasteiger partial charge in [-0.15, -0.1) is 0 Å². The van der Waals surface area contributed by atoms with Gasteiger partial charge in [0.15, 0.2) is 0 Å². The Morgan fingerprint density at radius 1 is 0.958 bits per heavy atom. The van der Waals surface area contributed by atoms with Crippen LogP contribution in [0.4, 0.5) is 5.82 Å². The van der Waals surface area contributed by atoms with Crippen molar-refractivity contribution in [2.24, 2.45) is 0 Å².